The Bertz CT molecular complexity index is 521. The van der Waals surface area contributed by atoms with Crippen LogP contribution < -0.4 is 5.32 Å². The minimum Gasteiger partial charge on any atom is -0.370 e. The summed E-state index contributed by atoms with van der Waals surface area (Å²) in [5.74, 6) is 0.223. The molecular formula is C19H28N2O2. The van der Waals surface area contributed by atoms with E-state index in [0.29, 0.717) is 13.0 Å². The van der Waals surface area contributed by atoms with Crippen molar-refractivity contribution in [1.29, 1.82) is 0 Å². The van der Waals surface area contributed by atoms with Gasteiger partial charge in [-0.05, 0) is 36.9 Å². The molecule has 0 aliphatic carbocycles. The molecule has 1 aromatic carbocycles. The fourth-order valence-electron chi connectivity index (χ4n) is 3.53. The Morgan fingerprint density at radius 1 is 1.30 bits per heavy atom. The maximum Gasteiger partial charge on any atom is 0.227 e. The van der Waals surface area contributed by atoms with Crippen LogP contribution in [0.2, 0.25) is 0 Å². The molecule has 2 aliphatic heterocycles. The van der Waals surface area contributed by atoms with Crippen molar-refractivity contribution >= 4 is 5.91 Å². The molecule has 2 aliphatic rings. The van der Waals surface area contributed by atoms with Gasteiger partial charge in [0, 0.05) is 13.1 Å². The Morgan fingerprint density at radius 2 is 2.09 bits per heavy atom. The zero-order valence-electron chi connectivity index (χ0n) is 14.1. The number of rotatable bonds is 5. The Balaban J connectivity index is 1.56. The number of ether oxygens (including phenoxy) is 1. The molecule has 4 heteroatoms. The number of amides is 1. The minimum absolute atomic E-state index is 0.141. The third-order valence-corrected chi connectivity index (χ3v) is 5.00. The van der Waals surface area contributed by atoms with Crippen LogP contribution in [0.1, 0.15) is 37.3 Å². The van der Waals surface area contributed by atoms with Crippen LogP contribution in [-0.2, 0) is 22.4 Å². The van der Waals surface area contributed by atoms with Gasteiger partial charge in [-0.3, -0.25) is 4.79 Å². The highest BCUT2D eigenvalue weighted by atomic mass is 16.5. The van der Waals surface area contributed by atoms with E-state index in [-0.39, 0.29) is 11.5 Å². The number of carbonyl (C=O) groups is 1. The number of nitrogens with one attached hydrogen (secondary N) is 1. The average Bonchev–Trinajstić information content (AvgIpc) is 3.02. The predicted molar refractivity (Wildman–Crippen MR) is 91.5 cm³/mol. The van der Waals surface area contributed by atoms with Crippen LogP contribution in [0.25, 0.3) is 0 Å². The molecular weight excluding hydrogens is 288 g/mol. The van der Waals surface area contributed by atoms with Crippen molar-refractivity contribution in [1.82, 2.24) is 10.2 Å². The lowest BCUT2D eigenvalue weighted by molar-refractivity contribution is -0.147. The summed E-state index contributed by atoms with van der Waals surface area (Å²) in [6.45, 7) is 6.16. The van der Waals surface area contributed by atoms with Crippen molar-refractivity contribution in [3.05, 3.63) is 35.4 Å². The van der Waals surface area contributed by atoms with Gasteiger partial charge in [-0.1, -0.05) is 37.6 Å². The summed E-state index contributed by atoms with van der Waals surface area (Å²) in [5, 5.41) is 3.35. The van der Waals surface area contributed by atoms with Gasteiger partial charge in [-0.15, -0.1) is 0 Å². The van der Waals surface area contributed by atoms with Crippen molar-refractivity contribution in [3.8, 4) is 0 Å². The SMILES string of the molecule is CCCCc1ccc(CC(=O)N2CCOC3(CCNC3)C2)cc1. The number of morpholine rings is 1. The number of aryl methyl sites for hydroxylation is 1. The van der Waals surface area contributed by atoms with Crippen LogP contribution >= 0.6 is 0 Å². The largest absolute Gasteiger partial charge is 0.370 e. The molecule has 0 saturated carbocycles. The van der Waals surface area contributed by atoms with Crippen LogP contribution in [0.15, 0.2) is 24.3 Å². The molecule has 3 rings (SSSR count). The molecule has 4 nitrogen and oxygen atoms in total. The van der Waals surface area contributed by atoms with Crippen molar-refractivity contribution < 1.29 is 9.53 Å². The third kappa shape index (κ3) is 4.12. The smallest absolute Gasteiger partial charge is 0.227 e. The van der Waals surface area contributed by atoms with Gasteiger partial charge < -0.3 is 15.0 Å². The average molecular weight is 316 g/mol. The third-order valence-electron chi connectivity index (χ3n) is 5.00. The van der Waals surface area contributed by atoms with Crippen LogP contribution in [0.5, 0.6) is 0 Å². The zero-order chi connectivity index (χ0) is 16.1. The van der Waals surface area contributed by atoms with Gasteiger partial charge in [0.2, 0.25) is 5.91 Å². The number of hydrogen-bond acceptors (Lipinski definition) is 3. The van der Waals surface area contributed by atoms with Crippen LogP contribution in [-0.4, -0.2) is 49.2 Å². The Morgan fingerprint density at radius 3 is 2.78 bits per heavy atom. The molecule has 1 N–H and O–H groups in total. The summed E-state index contributed by atoms with van der Waals surface area (Å²) in [6.07, 6.45) is 5.07. The molecule has 1 unspecified atom stereocenters. The molecule has 1 aromatic rings. The fraction of sp³-hybridized carbons (Fsp3) is 0.632. The highest BCUT2D eigenvalue weighted by Gasteiger charge is 2.40. The van der Waals surface area contributed by atoms with E-state index >= 15 is 0 Å². The first-order valence-electron chi connectivity index (χ1n) is 8.91. The van der Waals surface area contributed by atoms with Gasteiger partial charge in [-0.25, -0.2) is 0 Å². The second-order valence-electron chi connectivity index (χ2n) is 6.87. The van der Waals surface area contributed by atoms with Crippen molar-refractivity contribution in [2.75, 3.05) is 32.8 Å². The van der Waals surface area contributed by atoms with E-state index in [2.05, 4.69) is 36.5 Å². The number of hydrogen-bond donors (Lipinski definition) is 1. The highest BCUT2D eigenvalue weighted by Crippen LogP contribution is 2.25. The van der Waals surface area contributed by atoms with E-state index in [1.807, 2.05) is 4.90 Å². The van der Waals surface area contributed by atoms with Crippen LogP contribution in [0, 0.1) is 0 Å². The summed E-state index contributed by atoms with van der Waals surface area (Å²) in [4.78, 5) is 14.6. The second-order valence-corrected chi connectivity index (χ2v) is 6.87. The summed E-state index contributed by atoms with van der Waals surface area (Å²) in [5.41, 5.74) is 2.34. The molecule has 1 spiro atoms. The monoisotopic (exact) mass is 316 g/mol. The molecule has 0 aromatic heterocycles. The zero-order valence-corrected chi connectivity index (χ0v) is 14.1. The maximum absolute atomic E-state index is 12.6. The summed E-state index contributed by atoms with van der Waals surface area (Å²) < 4.78 is 5.95. The Kier molecular flexibility index (Phi) is 5.34. The van der Waals surface area contributed by atoms with Crippen molar-refractivity contribution in [2.24, 2.45) is 0 Å². The number of nitrogens with zero attached hydrogens (tertiary/aromatic N) is 1. The maximum atomic E-state index is 12.6. The first-order chi connectivity index (χ1) is 11.2. The minimum atomic E-state index is -0.141. The Labute approximate surface area is 139 Å². The molecule has 2 saturated heterocycles. The predicted octanol–water partition coefficient (Wildman–Crippen LogP) is 2.16. The van der Waals surface area contributed by atoms with E-state index in [4.69, 9.17) is 4.74 Å². The molecule has 23 heavy (non-hydrogen) atoms. The van der Waals surface area contributed by atoms with Gasteiger partial charge in [0.1, 0.15) is 0 Å². The van der Waals surface area contributed by atoms with E-state index in [1.54, 1.807) is 0 Å². The van der Waals surface area contributed by atoms with Gasteiger partial charge in [0.25, 0.3) is 0 Å². The molecule has 0 bridgehead atoms. The molecule has 126 valence electrons. The van der Waals surface area contributed by atoms with Gasteiger partial charge in [-0.2, -0.15) is 0 Å². The number of benzene rings is 1. The number of carbonyl (C=O) groups excluding carboxylic acids is 1. The highest BCUT2D eigenvalue weighted by molar-refractivity contribution is 5.79. The summed E-state index contributed by atoms with van der Waals surface area (Å²) in [6, 6.07) is 8.55. The van der Waals surface area contributed by atoms with Gasteiger partial charge in [0.05, 0.1) is 25.2 Å². The number of unbranched alkanes of at least 4 members (excludes halogenated alkanes) is 1. The second kappa shape index (κ2) is 7.45. The quantitative estimate of drug-likeness (QED) is 0.905. The topological polar surface area (TPSA) is 41.6 Å². The van der Waals surface area contributed by atoms with Gasteiger partial charge >= 0.3 is 0 Å². The van der Waals surface area contributed by atoms with E-state index in [9.17, 15) is 4.79 Å². The van der Waals surface area contributed by atoms with E-state index in [0.717, 1.165) is 44.6 Å². The molecule has 2 heterocycles. The standard InChI is InChI=1S/C19H28N2O2/c1-2-3-4-16-5-7-17(8-6-16)13-18(22)21-11-12-23-19(15-21)9-10-20-14-19/h5-8,20H,2-4,9-15H2,1H3. The molecule has 1 amide bonds. The Hall–Kier alpha value is -1.39. The molecule has 2 fully saturated rings. The molecule has 1 atom stereocenters. The van der Waals surface area contributed by atoms with Crippen LogP contribution in [0.4, 0.5) is 0 Å². The first-order valence-corrected chi connectivity index (χ1v) is 8.91. The summed E-state index contributed by atoms with van der Waals surface area (Å²) >= 11 is 0. The fourth-order valence-corrected chi connectivity index (χ4v) is 3.53. The lowest BCUT2D eigenvalue weighted by atomic mass is 9.99. The van der Waals surface area contributed by atoms with E-state index < -0.39 is 0 Å². The molecule has 0 radical (unpaired) electrons. The van der Waals surface area contributed by atoms with Crippen molar-refractivity contribution in [2.45, 2.75) is 44.6 Å². The lowest BCUT2D eigenvalue weighted by Gasteiger charge is -2.40. The van der Waals surface area contributed by atoms with Crippen LogP contribution in [0.3, 0.4) is 0 Å². The van der Waals surface area contributed by atoms with Crippen molar-refractivity contribution in [3.63, 3.8) is 0 Å². The first kappa shape index (κ1) is 16.5. The summed E-state index contributed by atoms with van der Waals surface area (Å²) in [7, 11) is 0. The van der Waals surface area contributed by atoms with Gasteiger partial charge in [0.15, 0.2) is 0 Å². The lowest BCUT2D eigenvalue weighted by Crippen LogP contribution is -2.55. The normalized spacial score (nSPS) is 24.3. The van der Waals surface area contributed by atoms with E-state index in [1.165, 1.54) is 18.4 Å².